The summed E-state index contributed by atoms with van der Waals surface area (Å²) in [7, 11) is 1.71. The van der Waals surface area contributed by atoms with Gasteiger partial charge in [-0.2, -0.15) is 0 Å². The summed E-state index contributed by atoms with van der Waals surface area (Å²) in [5, 5.41) is 14.5. The van der Waals surface area contributed by atoms with Crippen molar-refractivity contribution in [2.75, 3.05) is 19.0 Å². The van der Waals surface area contributed by atoms with Crippen molar-refractivity contribution in [1.29, 1.82) is 0 Å². The molecule has 6 heteroatoms. The molecule has 1 fully saturated rings. The number of anilines is 1. The van der Waals surface area contributed by atoms with Gasteiger partial charge in [0.25, 0.3) is 5.69 Å². The lowest BCUT2D eigenvalue weighted by molar-refractivity contribution is -0.384. The number of hydrogen-bond acceptors (Lipinski definition) is 5. The minimum absolute atomic E-state index is 0.0560. The standard InChI is InChI=1S/C15H22N2O4/c1-3-21-13-7-8-14(15(10-13)17(18)19)16-11-5-4-6-12(9-11)20-2/h7-8,10-12,16H,3-6,9H2,1-2H3. The van der Waals surface area contributed by atoms with Crippen LogP contribution >= 0.6 is 0 Å². The average Bonchev–Trinajstić information content (AvgIpc) is 2.49. The number of nitrogens with one attached hydrogen (secondary N) is 1. The smallest absolute Gasteiger partial charge is 0.296 e. The summed E-state index contributed by atoms with van der Waals surface area (Å²) in [6, 6.07) is 5.16. The summed E-state index contributed by atoms with van der Waals surface area (Å²) >= 11 is 0. The Morgan fingerprint density at radius 1 is 1.43 bits per heavy atom. The molecule has 0 aromatic heterocycles. The van der Waals surface area contributed by atoms with Crippen molar-refractivity contribution >= 4 is 11.4 Å². The van der Waals surface area contributed by atoms with Crippen LogP contribution < -0.4 is 10.1 Å². The first kappa shape index (κ1) is 15.6. The second-order valence-electron chi connectivity index (χ2n) is 5.23. The Hall–Kier alpha value is -1.82. The molecular weight excluding hydrogens is 272 g/mol. The van der Waals surface area contributed by atoms with Gasteiger partial charge in [0.15, 0.2) is 0 Å². The maximum atomic E-state index is 11.2. The van der Waals surface area contributed by atoms with E-state index in [1.54, 1.807) is 19.2 Å². The van der Waals surface area contributed by atoms with E-state index in [1.807, 2.05) is 6.92 Å². The van der Waals surface area contributed by atoms with Crippen LogP contribution in [0.1, 0.15) is 32.6 Å². The van der Waals surface area contributed by atoms with Crippen molar-refractivity contribution in [1.82, 2.24) is 0 Å². The monoisotopic (exact) mass is 294 g/mol. The molecule has 1 saturated carbocycles. The van der Waals surface area contributed by atoms with Crippen molar-refractivity contribution in [3.63, 3.8) is 0 Å². The molecule has 1 aromatic carbocycles. The summed E-state index contributed by atoms with van der Waals surface area (Å²) in [4.78, 5) is 10.9. The van der Waals surface area contributed by atoms with Gasteiger partial charge in [0.05, 0.1) is 23.7 Å². The molecular formula is C15H22N2O4. The van der Waals surface area contributed by atoms with E-state index in [-0.39, 0.29) is 22.8 Å². The first-order chi connectivity index (χ1) is 10.1. The Bertz CT molecular complexity index is 493. The highest BCUT2D eigenvalue weighted by Crippen LogP contribution is 2.32. The molecule has 6 nitrogen and oxygen atoms in total. The Balaban J connectivity index is 2.13. The maximum Gasteiger partial charge on any atom is 0.296 e. The first-order valence-electron chi connectivity index (χ1n) is 7.34. The van der Waals surface area contributed by atoms with Crippen LogP contribution in [0.2, 0.25) is 0 Å². The number of nitrogens with zero attached hydrogens (tertiary/aromatic N) is 1. The van der Waals surface area contributed by atoms with E-state index >= 15 is 0 Å². The lowest BCUT2D eigenvalue weighted by Gasteiger charge is -2.29. The predicted octanol–water partition coefficient (Wildman–Crippen LogP) is 3.36. The van der Waals surface area contributed by atoms with Crippen LogP contribution in [0.4, 0.5) is 11.4 Å². The number of ether oxygens (including phenoxy) is 2. The quantitative estimate of drug-likeness (QED) is 0.643. The van der Waals surface area contributed by atoms with E-state index in [4.69, 9.17) is 9.47 Å². The summed E-state index contributed by atoms with van der Waals surface area (Å²) in [5.74, 6) is 0.521. The van der Waals surface area contributed by atoms with E-state index < -0.39 is 0 Å². The summed E-state index contributed by atoms with van der Waals surface area (Å²) < 4.78 is 10.7. The molecule has 1 aromatic rings. The number of hydrogen-bond donors (Lipinski definition) is 1. The zero-order chi connectivity index (χ0) is 15.2. The Labute approximate surface area is 124 Å². The van der Waals surface area contributed by atoms with Gasteiger partial charge in [-0.15, -0.1) is 0 Å². The van der Waals surface area contributed by atoms with Gasteiger partial charge in [-0.25, -0.2) is 0 Å². The van der Waals surface area contributed by atoms with Gasteiger partial charge in [-0.3, -0.25) is 10.1 Å². The molecule has 0 radical (unpaired) electrons. The third kappa shape index (κ3) is 4.07. The SMILES string of the molecule is CCOc1ccc(NC2CCCC(OC)C2)c([N+](=O)[O-])c1. The molecule has 1 aliphatic carbocycles. The molecule has 0 bridgehead atoms. The fraction of sp³-hybridized carbons (Fsp3) is 0.600. The van der Waals surface area contributed by atoms with Gasteiger partial charge in [0, 0.05) is 13.2 Å². The molecule has 0 aliphatic heterocycles. The normalized spacial score (nSPS) is 21.8. The van der Waals surface area contributed by atoms with Crippen LogP contribution in [0, 0.1) is 10.1 Å². The number of nitro groups is 1. The van der Waals surface area contributed by atoms with Gasteiger partial charge in [-0.1, -0.05) is 0 Å². The lowest BCUT2D eigenvalue weighted by atomic mass is 9.92. The van der Waals surface area contributed by atoms with E-state index in [0.29, 0.717) is 18.0 Å². The number of methoxy groups -OCH3 is 1. The van der Waals surface area contributed by atoms with E-state index in [0.717, 1.165) is 25.7 Å². The van der Waals surface area contributed by atoms with Gasteiger partial charge in [0.2, 0.25) is 0 Å². The third-order valence-corrected chi connectivity index (χ3v) is 3.80. The molecule has 21 heavy (non-hydrogen) atoms. The van der Waals surface area contributed by atoms with Crippen molar-refractivity contribution in [3.8, 4) is 5.75 Å². The summed E-state index contributed by atoms with van der Waals surface area (Å²) in [6.45, 7) is 2.34. The molecule has 0 heterocycles. The molecule has 0 amide bonds. The van der Waals surface area contributed by atoms with Gasteiger partial charge >= 0.3 is 0 Å². The minimum atomic E-state index is -0.374. The Morgan fingerprint density at radius 2 is 2.24 bits per heavy atom. The Morgan fingerprint density at radius 3 is 2.90 bits per heavy atom. The van der Waals surface area contributed by atoms with Crippen LogP contribution in [-0.2, 0) is 4.74 Å². The molecule has 2 atom stereocenters. The van der Waals surface area contributed by atoms with Crippen LogP contribution in [0.15, 0.2) is 18.2 Å². The fourth-order valence-corrected chi connectivity index (χ4v) is 2.75. The van der Waals surface area contributed by atoms with Gasteiger partial charge in [0.1, 0.15) is 11.4 Å². The predicted molar refractivity (Wildman–Crippen MR) is 80.9 cm³/mol. The highest BCUT2D eigenvalue weighted by molar-refractivity contribution is 5.64. The Kier molecular flexibility index (Phi) is 5.38. The minimum Gasteiger partial charge on any atom is -0.494 e. The van der Waals surface area contributed by atoms with Crippen molar-refractivity contribution in [2.24, 2.45) is 0 Å². The summed E-state index contributed by atoms with van der Waals surface area (Å²) in [5.41, 5.74) is 0.602. The largest absolute Gasteiger partial charge is 0.494 e. The molecule has 2 rings (SSSR count). The van der Waals surface area contributed by atoms with Crippen molar-refractivity contribution in [3.05, 3.63) is 28.3 Å². The van der Waals surface area contributed by atoms with Crippen molar-refractivity contribution < 1.29 is 14.4 Å². The van der Waals surface area contributed by atoms with Gasteiger partial charge < -0.3 is 14.8 Å². The van der Waals surface area contributed by atoms with Gasteiger partial charge in [-0.05, 0) is 44.7 Å². The lowest BCUT2D eigenvalue weighted by Crippen LogP contribution is -2.31. The van der Waals surface area contributed by atoms with Crippen LogP contribution in [0.25, 0.3) is 0 Å². The molecule has 1 aliphatic rings. The molecule has 2 unspecified atom stereocenters. The molecule has 116 valence electrons. The number of nitro benzene ring substituents is 1. The van der Waals surface area contributed by atoms with E-state index in [1.165, 1.54) is 6.07 Å². The number of benzene rings is 1. The third-order valence-electron chi connectivity index (χ3n) is 3.80. The molecule has 1 N–H and O–H groups in total. The zero-order valence-corrected chi connectivity index (χ0v) is 12.5. The van der Waals surface area contributed by atoms with E-state index in [2.05, 4.69) is 5.32 Å². The second kappa shape index (κ2) is 7.26. The summed E-state index contributed by atoms with van der Waals surface area (Å²) in [6.07, 6.45) is 4.24. The highest BCUT2D eigenvalue weighted by Gasteiger charge is 2.24. The average molecular weight is 294 g/mol. The van der Waals surface area contributed by atoms with E-state index in [9.17, 15) is 10.1 Å². The topological polar surface area (TPSA) is 73.6 Å². The maximum absolute atomic E-state index is 11.2. The zero-order valence-electron chi connectivity index (χ0n) is 12.5. The second-order valence-corrected chi connectivity index (χ2v) is 5.23. The number of rotatable bonds is 6. The van der Waals surface area contributed by atoms with Crippen LogP contribution in [0.3, 0.4) is 0 Å². The van der Waals surface area contributed by atoms with Crippen LogP contribution in [-0.4, -0.2) is 30.8 Å². The fourth-order valence-electron chi connectivity index (χ4n) is 2.75. The highest BCUT2D eigenvalue weighted by atomic mass is 16.6. The van der Waals surface area contributed by atoms with Crippen LogP contribution in [0.5, 0.6) is 5.75 Å². The molecule has 0 spiro atoms. The van der Waals surface area contributed by atoms with Crippen molar-refractivity contribution in [2.45, 2.75) is 44.8 Å². The first-order valence-corrected chi connectivity index (χ1v) is 7.34. The molecule has 0 saturated heterocycles.